The molecule has 0 aliphatic heterocycles. The number of hydrogen-bond donors (Lipinski definition) is 1. The van der Waals surface area contributed by atoms with E-state index in [-0.39, 0.29) is 5.69 Å². The molecule has 7 nitrogen and oxygen atoms in total. The van der Waals surface area contributed by atoms with Gasteiger partial charge in [0.1, 0.15) is 11.4 Å². The van der Waals surface area contributed by atoms with Gasteiger partial charge in [-0.25, -0.2) is 4.68 Å². The summed E-state index contributed by atoms with van der Waals surface area (Å²) in [6, 6.07) is 4.73. The minimum Gasteiger partial charge on any atom is -0.320 e. The fourth-order valence-electron chi connectivity index (χ4n) is 1.51. The molecular formula is C11H12BrN5O2. The Kier molecular flexibility index (Phi) is 3.38. The average molecular weight is 326 g/mol. The summed E-state index contributed by atoms with van der Waals surface area (Å²) in [5.41, 5.74) is 6.11. The maximum atomic E-state index is 11.0. The van der Waals surface area contributed by atoms with Gasteiger partial charge >= 0.3 is 0 Å². The minimum absolute atomic E-state index is 0.0550. The summed E-state index contributed by atoms with van der Waals surface area (Å²) in [6.07, 6.45) is 1.59. The Hall–Kier alpha value is -1.80. The number of benzene rings is 1. The van der Waals surface area contributed by atoms with Crippen LogP contribution in [0, 0.1) is 10.1 Å². The van der Waals surface area contributed by atoms with Crippen molar-refractivity contribution >= 4 is 21.6 Å². The van der Waals surface area contributed by atoms with E-state index in [1.54, 1.807) is 32.2 Å². The highest BCUT2D eigenvalue weighted by Gasteiger charge is 2.22. The second-order valence-electron chi connectivity index (χ2n) is 4.66. The zero-order valence-corrected chi connectivity index (χ0v) is 12.0. The van der Waals surface area contributed by atoms with Crippen LogP contribution in [0.3, 0.4) is 0 Å². The van der Waals surface area contributed by atoms with Gasteiger partial charge in [0.05, 0.1) is 16.7 Å². The Morgan fingerprint density at radius 2 is 2.16 bits per heavy atom. The molecule has 0 aliphatic rings. The van der Waals surface area contributed by atoms with Gasteiger partial charge in [-0.15, -0.1) is 5.10 Å². The monoisotopic (exact) mass is 325 g/mol. The van der Waals surface area contributed by atoms with Gasteiger partial charge < -0.3 is 5.73 Å². The number of nitro groups is 1. The molecule has 1 aromatic carbocycles. The first-order valence-electron chi connectivity index (χ1n) is 5.45. The molecule has 0 unspecified atom stereocenters. The molecule has 1 aromatic heterocycles. The molecule has 100 valence electrons. The molecule has 8 heteroatoms. The lowest BCUT2D eigenvalue weighted by Gasteiger charge is -2.13. The third-order valence-corrected chi connectivity index (χ3v) is 3.03. The van der Waals surface area contributed by atoms with Crippen molar-refractivity contribution < 1.29 is 4.92 Å². The van der Waals surface area contributed by atoms with Crippen molar-refractivity contribution in [1.82, 2.24) is 15.0 Å². The van der Waals surface area contributed by atoms with Crippen molar-refractivity contribution in [2.24, 2.45) is 5.73 Å². The largest absolute Gasteiger partial charge is 0.320 e. The Labute approximate surface area is 117 Å². The molecule has 0 spiro atoms. The molecule has 19 heavy (non-hydrogen) atoms. The molecule has 2 N–H and O–H groups in total. The summed E-state index contributed by atoms with van der Waals surface area (Å²) in [5.74, 6) is 0. The van der Waals surface area contributed by atoms with E-state index in [2.05, 4.69) is 26.2 Å². The third kappa shape index (κ3) is 2.79. The fourth-order valence-corrected chi connectivity index (χ4v) is 1.86. The van der Waals surface area contributed by atoms with E-state index < -0.39 is 10.5 Å². The quantitative estimate of drug-likeness (QED) is 0.688. The molecule has 1 heterocycles. The summed E-state index contributed by atoms with van der Waals surface area (Å²) in [6.45, 7) is 3.58. The van der Waals surface area contributed by atoms with Crippen molar-refractivity contribution in [2.45, 2.75) is 19.4 Å². The van der Waals surface area contributed by atoms with E-state index in [0.717, 1.165) is 0 Å². The normalized spacial score (nSPS) is 11.6. The van der Waals surface area contributed by atoms with Gasteiger partial charge in [0.25, 0.3) is 5.69 Å². The van der Waals surface area contributed by atoms with Crippen molar-refractivity contribution in [3.05, 3.63) is 44.7 Å². The first kappa shape index (κ1) is 13.6. The van der Waals surface area contributed by atoms with E-state index in [0.29, 0.717) is 15.9 Å². The van der Waals surface area contributed by atoms with Crippen molar-refractivity contribution in [3.8, 4) is 5.69 Å². The highest BCUT2D eigenvalue weighted by atomic mass is 79.9. The maximum absolute atomic E-state index is 11.0. The van der Waals surface area contributed by atoms with Gasteiger partial charge in [-0.05, 0) is 26.0 Å². The van der Waals surface area contributed by atoms with Crippen LogP contribution in [-0.4, -0.2) is 19.9 Å². The van der Waals surface area contributed by atoms with E-state index in [1.807, 2.05) is 0 Å². The first-order chi connectivity index (χ1) is 8.79. The van der Waals surface area contributed by atoms with Gasteiger partial charge in [0.2, 0.25) is 0 Å². The van der Waals surface area contributed by atoms with Gasteiger partial charge in [-0.1, -0.05) is 21.1 Å². The number of nitrogens with two attached hydrogens (primary N) is 1. The van der Waals surface area contributed by atoms with E-state index >= 15 is 0 Å². The number of aromatic nitrogens is 3. The number of hydrogen-bond acceptors (Lipinski definition) is 5. The lowest BCUT2D eigenvalue weighted by atomic mass is 10.0. The van der Waals surface area contributed by atoms with Crippen LogP contribution in [0.2, 0.25) is 0 Å². The Morgan fingerprint density at radius 3 is 2.68 bits per heavy atom. The van der Waals surface area contributed by atoms with Crippen LogP contribution < -0.4 is 5.73 Å². The molecule has 0 aliphatic carbocycles. The van der Waals surface area contributed by atoms with E-state index in [1.165, 1.54) is 10.7 Å². The maximum Gasteiger partial charge on any atom is 0.296 e. The number of nitrogens with zero attached hydrogens (tertiary/aromatic N) is 4. The lowest BCUT2D eigenvalue weighted by Crippen LogP contribution is -2.29. The summed E-state index contributed by atoms with van der Waals surface area (Å²) < 4.78 is 1.98. The summed E-state index contributed by atoms with van der Waals surface area (Å²) in [4.78, 5) is 10.6. The standard InChI is InChI=1S/C11H12BrN5O2/c1-11(2,13)10-6-16(15-14-10)8-4-3-7(12)5-9(8)17(18)19/h3-6H,13H2,1-2H3. The number of halogens is 1. The highest BCUT2D eigenvalue weighted by molar-refractivity contribution is 9.10. The summed E-state index contributed by atoms with van der Waals surface area (Å²) in [7, 11) is 0. The molecule has 0 fully saturated rings. The fraction of sp³-hybridized carbons (Fsp3) is 0.273. The Balaban J connectivity index is 2.53. The SMILES string of the molecule is CC(C)(N)c1cn(-c2ccc(Br)cc2[N+](=O)[O-])nn1. The summed E-state index contributed by atoms with van der Waals surface area (Å²) >= 11 is 3.20. The van der Waals surface area contributed by atoms with Crippen LogP contribution in [0.15, 0.2) is 28.9 Å². The summed E-state index contributed by atoms with van der Waals surface area (Å²) in [5, 5.41) is 18.9. The second-order valence-corrected chi connectivity index (χ2v) is 5.58. The van der Waals surface area contributed by atoms with Crippen molar-refractivity contribution in [2.75, 3.05) is 0 Å². The minimum atomic E-state index is -0.650. The first-order valence-corrected chi connectivity index (χ1v) is 6.24. The van der Waals surface area contributed by atoms with Gasteiger partial charge in [-0.3, -0.25) is 10.1 Å². The van der Waals surface area contributed by atoms with Crippen LogP contribution in [0.4, 0.5) is 5.69 Å². The molecule has 0 atom stereocenters. The molecule has 0 saturated carbocycles. The predicted octanol–water partition coefficient (Wildman–Crippen LogP) is 2.13. The van der Waals surface area contributed by atoms with Crippen LogP contribution >= 0.6 is 15.9 Å². The van der Waals surface area contributed by atoms with Crippen LogP contribution in [-0.2, 0) is 5.54 Å². The zero-order valence-electron chi connectivity index (χ0n) is 10.4. The van der Waals surface area contributed by atoms with Crippen molar-refractivity contribution in [3.63, 3.8) is 0 Å². The van der Waals surface area contributed by atoms with Crippen LogP contribution in [0.1, 0.15) is 19.5 Å². The molecule has 0 saturated heterocycles. The lowest BCUT2D eigenvalue weighted by molar-refractivity contribution is -0.384. The molecule has 2 rings (SSSR count). The number of nitro benzene ring substituents is 1. The molecule has 0 bridgehead atoms. The third-order valence-electron chi connectivity index (χ3n) is 2.53. The Morgan fingerprint density at radius 1 is 1.47 bits per heavy atom. The van der Waals surface area contributed by atoms with Gasteiger partial charge in [0, 0.05) is 10.5 Å². The van der Waals surface area contributed by atoms with Crippen molar-refractivity contribution in [1.29, 1.82) is 0 Å². The predicted molar refractivity (Wildman–Crippen MR) is 72.9 cm³/mol. The molecule has 0 amide bonds. The smallest absolute Gasteiger partial charge is 0.296 e. The average Bonchev–Trinajstić information content (AvgIpc) is 2.77. The van der Waals surface area contributed by atoms with Crippen LogP contribution in [0.5, 0.6) is 0 Å². The number of rotatable bonds is 3. The van der Waals surface area contributed by atoms with E-state index in [9.17, 15) is 10.1 Å². The zero-order chi connectivity index (χ0) is 14.2. The topological polar surface area (TPSA) is 99.9 Å². The molecular weight excluding hydrogens is 314 g/mol. The van der Waals surface area contributed by atoms with Gasteiger partial charge in [0.15, 0.2) is 0 Å². The van der Waals surface area contributed by atoms with Crippen LogP contribution in [0.25, 0.3) is 5.69 Å². The molecule has 0 radical (unpaired) electrons. The molecule has 2 aromatic rings. The van der Waals surface area contributed by atoms with Gasteiger partial charge in [-0.2, -0.15) is 0 Å². The van der Waals surface area contributed by atoms with E-state index in [4.69, 9.17) is 5.73 Å². The Bertz CT molecular complexity index is 632. The second kappa shape index (κ2) is 4.71. The highest BCUT2D eigenvalue weighted by Crippen LogP contribution is 2.27.